The summed E-state index contributed by atoms with van der Waals surface area (Å²) in [6, 6.07) is 4.36. The van der Waals surface area contributed by atoms with Gasteiger partial charge in [0.2, 0.25) is 11.8 Å². The molecular formula is C13H15BrFN3O. The van der Waals surface area contributed by atoms with Crippen molar-refractivity contribution in [1.82, 2.24) is 15.5 Å². The van der Waals surface area contributed by atoms with Gasteiger partial charge in [-0.1, -0.05) is 6.92 Å². The molecule has 2 aromatic rings. The molecule has 0 bridgehead atoms. The van der Waals surface area contributed by atoms with Gasteiger partial charge in [-0.15, -0.1) is 10.2 Å². The summed E-state index contributed by atoms with van der Waals surface area (Å²) in [7, 11) is 0. The van der Waals surface area contributed by atoms with Gasteiger partial charge in [0, 0.05) is 17.4 Å². The van der Waals surface area contributed by atoms with Gasteiger partial charge >= 0.3 is 0 Å². The van der Waals surface area contributed by atoms with Crippen LogP contribution in [0.15, 0.2) is 27.1 Å². The molecule has 0 saturated carbocycles. The van der Waals surface area contributed by atoms with E-state index in [0.717, 1.165) is 19.5 Å². The maximum Gasteiger partial charge on any atom is 0.248 e. The number of halogens is 2. The Balaban J connectivity index is 2.04. The van der Waals surface area contributed by atoms with Crippen LogP contribution in [0, 0.1) is 5.82 Å². The zero-order chi connectivity index (χ0) is 13.7. The molecule has 1 heterocycles. The standard InChI is InChI=1S/C13H15BrFN3O/c1-2-6-16-7-5-12-17-18-13(19-12)10-4-3-9(15)8-11(10)14/h3-4,8,16H,2,5-7H2,1H3. The number of nitrogens with one attached hydrogen (secondary N) is 1. The second-order valence-electron chi connectivity index (χ2n) is 4.13. The van der Waals surface area contributed by atoms with Crippen LogP contribution in [-0.4, -0.2) is 23.3 Å². The number of rotatable bonds is 6. The molecule has 0 aliphatic rings. The summed E-state index contributed by atoms with van der Waals surface area (Å²) < 4.78 is 19.2. The van der Waals surface area contributed by atoms with E-state index in [2.05, 4.69) is 38.4 Å². The zero-order valence-electron chi connectivity index (χ0n) is 10.6. The Hall–Kier alpha value is -1.27. The average Bonchev–Trinajstić information content (AvgIpc) is 2.83. The normalized spacial score (nSPS) is 10.9. The van der Waals surface area contributed by atoms with E-state index in [1.807, 2.05) is 0 Å². The molecule has 0 unspecified atom stereocenters. The van der Waals surface area contributed by atoms with E-state index in [0.29, 0.717) is 28.2 Å². The first-order valence-electron chi connectivity index (χ1n) is 6.19. The second-order valence-corrected chi connectivity index (χ2v) is 4.98. The molecular weight excluding hydrogens is 313 g/mol. The van der Waals surface area contributed by atoms with Crippen LogP contribution in [0.5, 0.6) is 0 Å². The molecule has 102 valence electrons. The summed E-state index contributed by atoms with van der Waals surface area (Å²) >= 11 is 3.29. The fourth-order valence-corrected chi connectivity index (χ4v) is 2.14. The van der Waals surface area contributed by atoms with Gasteiger partial charge in [-0.05, 0) is 47.1 Å². The van der Waals surface area contributed by atoms with Crippen LogP contribution < -0.4 is 5.32 Å². The first-order chi connectivity index (χ1) is 9.20. The molecule has 0 spiro atoms. The Morgan fingerprint density at radius 2 is 2.16 bits per heavy atom. The molecule has 19 heavy (non-hydrogen) atoms. The minimum Gasteiger partial charge on any atom is -0.421 e. The summed E-state index contributed by atoms with van der Waals surface area (Å²) in [6.45, 7) is 3.90. The quantitative estimate of drug-likeness (QED) is 0.828. The lowest BCUT2D eigenvalue weighted by Crippen LogP contribution is -2.17. The molecule has 0 fully saturated rings. The summed E-state index contributed by atoms with van der Waals surface area (Å²) in [4.78, 5) is 0. The minimum absolute atomic E-state index is 0.306. The van der Waals surface area contributed by atoms with Crippen molar-refractivity contribution >= 4 is 15.9 Å². The molecule has 0 aliphatic heterocycles. The van der Waals surface area contributed by atoms with Crippen molar-refractivity contribution in [1.29, 1.82) is 0 Å². The predicted molar refractivity (Wildman–Crippen MR) is 74.3 cm³/mol. The number of aromatic nitrogens is 2. The smallest absolute Gasteiger partial charge is 0.248 e. The lowest BCUT2D eigenvalue weighted by Gasteiger charge is -2.00. The van der Waals surface area contributed by atoms with Crippen LogP contribution in [-0.2, 0) is 6.42 Å². The van der Waals surface area contributed by atoms with Crippen molar-refractivity contribution in [3.05, 3.63) is 34.4 Å². The van der Waals surface area contributed by atoms with Gasteiger partial charge < -0.3 is 9.73 Å². The van der Waals surface area contributed by atoms with Gasteiger partial charge in [-0.2, -0.15) is 0 Å². The van der Waals surface area contributed by atoms with Gasteiger partial charge in [-0.3, -0.25) is 0 Å². The van der Waals surface area contributed by atoms with Gasteiger partial charge in [-0.25, -0.2) is 4.39 Å². The summed E-state index contributed by atoms with van der Waals surface area (Å²) in [6.07, 6.45) is 1.78. The van der Waals surface area contributed by atoms with Crippen LogP contribution in [0.3, 0.4) is 0 Å². The van der Waals surface area contributed by atoms with Crippen molar-refractivity contribution in [2.24, 2.45) is 0 Å². The molecule has 0 amide bonds. The maximum absolute atomic E-state index is 13.0. The molecule has 0 aliphatic carbocycles. The number of nitrogens with zero attached hydrogens (tertiary/aromatic N) is 2. The highest BCUT2D eigenvalue weighted by Gasteiger charge is 2.12. The summed E-state index contributed by atoms with van der Waals surface area (Å²) in [5.41, 5.74) is 0.696. The first kappa shape index (κ1) is 14.1. The van der Waals surface area contributed by atoms with Crippen LogP contribution in [0.2, 0.25) is 0 Å². The van der Waals surface area contributed by atoms with E-state index in [4.69, 9.17) is 4.42 Å². The van der Waals surface area contributed by atoms with Crippen molar-refractivity contribution < 1.29 is 8.81 Å². The number of benzene rings is 1. The summed E-state index contributed by atoms with van der Waals surface area (Å²) in [5.74, 6) is 0.673. The second kappa shape index (κ2) is 6.77. The van der Waals surface area contributed by atoms with E-state index in [9.17, 15) is 4.39 Å². The Morgan fingerprint density at radius 1 is 1.32 bits per heavy atom. The molecule has 0 saturated heterocycles. The first-order valence-corrected chi connectivity index (χ1v) is 6.98. The van der Waals surface area contributed by atoms with E-state index >= 15 is 0 Å². The highest BCUT2D eigenvalue weighted by atomic mass is 79.9. The van der Waals surface area contributed by atoms with Gasteiger partial charge in [0.05, 0.1) is 5.56 Å². The number of hydrogen-bond donors (Lipinski definition) is 1. The fraction of sp³-hybridized carbons (Fsp3) is 0.385. The Bertz CT molecular complexity index is 544. The molecule has 6 heteroatoms. The highest BCUT2D eigenvalue weighted by molar-refractivity contribution is 9.10. The van der Waals surface area contributed by atoms with Crippen LogP contribution in [0.1, 0.15) is 19.2 Å². The number of hydrogen-bond acceptors (Lipinski definition) is 4. The highest BCUT2D eigenvalue weighted by Crippen LogP contribution is 2.27. The van der Waals surface area contributed by atoms with E-state index in [-0.39, 0.29) is 5.82 Å². The van der Waals surface area contributed by atoms with Crippen LogP contribution in [0.25, 0.3) is 11.5 Å². The monoisotopic (exact) mass is 327 g/mol. The van der Waals surface area contributed by atoms with Crippen molar-refractivity contribution in [3.63, 3.8) is 0 Å². The van der Waals surface area contributed by atoms with E-state index < -0.39 is 0 Å². The fourth-order valence-electron chi connectivity index (χ4n) is 1.62. The van der Waals surface area contributed by atoms with Gasteiger partial charge in [0.15, 0.2) is 0 Å². The minimum atomic E-state index is -0.306. The zero-order valence-corrected chi connectivity index (χ0v) is 12.2. The SMILES string of the molecule is CCCNCCc1nnc(-c2ccc(F)cc2Br)o1. The van der Waals surface area contributed by atoms with Gasteiger partial charge in [0.1, 0.15) is 5.82 Å². The molecule has 0 radical (unpaired) electrons. The predicted octanol–water partition coefficient (Wildman–Crippen LogP) is 3.18. The van der Waals surface area contributed by atoms with Crippen LogP contribution in [0.4, 0.5) is 4.39 Å². The van der Waals surface area contributed by atoms with Crippen molar-refractivity contribution in [2.75, 3.05) is 13.1 Å². The largest absolute Gasteiger partial charge is 0.421 e. The lowest BCUT2D eigenvalue weighted by molar-refractivity contribution is 0.494. The van der Waals surface area contributed by atoms with Gasteiger partial charge in [0.25, 0.3) is 0 Å². The Kier molecular flexibility index (Phi) is 5.04. The average molecular weight is 328 g/mol. The van der Waals surface area contributed by atoms with Crippen LogP contribution >= 0.6 is 15.9 Å². The Labute approximate surface area is 119 Å². The van der Waals surface area contributed by atoms with E-state index in [1.54, 1.807) is 6.07 Å². The van der Waals surface area contributed by atoms with Crippen molar-refractivity contribution in [3.8, 4) is 11.5 Å². The molecule has 1 aromatic heterocycles. The molecule has 4 nitrogen and oxygen atoms in total. The van der Waals surface area contributed by atoms with Crippen molar-refractivity contribution in [2.45, 2.75) is 19.8 Å². The molecule has 1 N–H and O–H groups in total. The van der Waals surface area contributed by atoms with E-state index in [1.165, 1.54) is 12.1 Å². The maximum atomic E-state index is 13.0. The molecule has 2 rings (SSSR count). The lowest BCUT2D eigenvalue weighted by atomic mass is 10.2. The third-order valence-electron chi connectivity index (χ3n) is 2.57. The summed E-state index contributed by atoms with van der Waals surface area (Å²) in [5, 5.41) is 11.2. The third kappa shape index (κ3) is 3.84. The topological polar surface area (TPSA) is 51.0 Å². The molecule has 1 aromatic carbocycles. The Morgan fingerprint density at radius 3 is 2.89 bits per heavy atom. The third-order valence-corrected chi connectivity index (χ3v) is 3.23. The molecule has 0 atom stereocenters.